The minimum absolute atomic E-state index is 0.230. The van der Waals surface area contributed by atoms with E-state index in [9.17, 15) is 0 Å². The Bertz CT molecular complexity index is 434. The van der Waals surface area contributed by atoms with Crippen LogP contribution in [0.25, 0.3) is 0 Å². The Balaban J connectivity index is 2.41. The van der Waals surface area contributed by atoms with Crippen molar-refractivity contribution < 1.29 is 13.9 Å². The van der Waals surface area contributed by atoms with Crippen molar-refractivity contribution in [3.8, 4) is 5.75 Å². The zero-order valence-corrected chi connectivity index (χ0v) is 9.34. The third-order valence-corrected chi connectivity index (χ3v) is 2.46. The molecule has 1 aromatic heterocycles. The van der Waals surface area contributed by atoms with E-state index in [2.05, 4.69) is 0 Å². The van der Waals surface area contributed by atoms with Gasteiger partial charge in [-0.3, -0.25) is 0 Å². The van der Waals surface area contributed by atoms with Gasteiger partial charge in [-0.25, -0.2) is 0 Å². The first-order valence-electron chi connectivity index (χ1n) is 5.06. The Hall–Kier alpha value is -1.74. The van der Waals surface area contributed by atoms with E-state index >= 15 is 0 Å². The third kappa shape index (κ3) is 1.95. The van der Waals surface area contributed by atoms with Gasteiger partial charge < -0.3 is 13.9 Å². The van der Waals surface area contributed by atoms with E-state index in [1.807, 2.05) is 36.4 Å². The van der Waals surface area contributed by atoms with Gasteiger partial charge in [-0.05, 0) is 18.2 Å². The summed E-state index contributed by atoms with van der Waals surface area (Å²) in [6.45, 7) is 0. The molecule has 0 bridgehead atoms. The van der Waals surface area contributed by atoms with Crippen LogP contribution in [0.15, 0.2) is 47.1 Å². The monoisotopic (exact) mass is 218 g/mol. The van der Waals surface area contributed by atoms with E-state index in [4.69, 9.17) is 13.9 Å². The molecule has 0 fully saturated rings. The Morgan fingerprint density at radius 1 is 1.06 bits per heavy atom. The summed E-state index contributed by atoms with van der Waals surface area (Å²) in [5, 5.41) is 0. The van der Waals surface area contributed by atoms with Gasteiger partial charge in [0.25, 0.3) is 0 Å². The van der Waals surface area contributed by atoms with E-state index in [-0.39, 0.29) is 6.10 Å². The van der Waals surface area contributed by atoms with E-state index < -0.39 is 0 Å². The standard InChI is InChI=1S/C13H14O3/c1-14-11-7-4-3-6-10(11)13(15-2)12-8-5-9-16-12/h3-9,13H,1-2H3. The molecule has 0 aliphatic heterocycles. The molecule has 0 N–H and O–H groups in total. The van der Waals surface area contributed by atoms with Gasteiger partial charge in [0.05, 0.1) is 13.4 Å². The van der Waals surface area contributed by atoms with Crippen LogP contribution in [0.3, 0.4) is 0 Å². The van der Waals surface area contributed by atoms with Crippen molar-refractivity contribution in [2.45, 2.75) is 6.10 Å². The number of ether oxygens (including phenoxy) is 2. The fourth-order valence-electron chi connectivity index (χ4n) is 1.72. The van der Waals surface area contributed by atoms with E-state index in [1.165, 1.54) is 0 Å². The molecular formula is C13H14O3. The van der Waals surface area contributed by atoms with Crippen LogP contribution in [0.2, 0.25) is 0 Å². The molecule has 3 nitrogen and oxygen atoms in total. The van der Waals surface area contributed by atoms with Crippen molar-refractivity contribution in [2.75, 3.05) is 14.2 Å². The van der Waals surface area contributed by atoms with E-state index in [0.717, 1.165) is 17.1 Å². The van der Waals surface area contributed by atoms with Gasteiger partial charge in [0, 0.05) is 12.7 Å². The maximum absolute atomic E-state index is 5.45. The topological polar surface area (TPSA) is 31.6 Å². The lowest BCUT2D eigenvalue weighted by molar-refractivity contribution is 0.114. The number of hydrogen-bond acceptors (Lipinski definition) is 3. The minimum Gasteiger partial charge on any atom is -0.496 e. The molecule has 84 valence electrons. The highest BCUT2D eigenvalue weighted by Crippen LogP contribution is 2.32. The molecule has 0 spiro atoms. The SMILES string of the molecule is COc1ccccc1C(OC)c1ccco1. The van der Waals surface area contributed by atoms with Crippen LogP contribution in [0, 0.1) is 0 Å². The quantitative estimate of drug-likeness (QED) is 0.790. The lowest BCUT2D eigenvalue weighted by Crippen LogP contribution is -2.04. The summed E-state index contributed by atoms with van der Waals surface area (Å²) in [5.74, 6) is 1.57. The first kappa shape index (κ1) is 10.8. The lowest BCUT2D eigenvalue weighted by atomic mass is 10.1. The van der Waals surface area contributed by atoms with Crippen LogP contribution in [0.1, 0.15) is 17.4 Å². The maximum Gasteiger partial charge on any atom is 0.143 e. The molecule has 0 aliphatic rings. The van der Waals surface area contributed by atoms with Gasteiger partial charge in [-0.15, -0.1) is 0 Å². The Morgan fingerprint density at radius 3 is 2.50 bits per heavy atom. The molecule has 1 unspecified atom stereocenters. The molecule has 0 aliphatic carbocycles. The second-order valence-corrected chi connectivity index (χ2v) is 3.37. The van der Waals surface area contributed by atoms with Crippen LogP contribution < -0.4 is 4.74 Å². The van der Waals surface area contributed by atoms with Crippen molar-refractivity contribution in [1.82, 2.24) is 0 Å². The average molecular weight is 218 g/mol. The van der Waals surface area contributed by atoms with Gasteiger partial charge in [0.15, 0.2) is 0 Å². The number of furan rings is 1. The van der Waals surface area contributed by atoms with Crippen LogP contribution in [-0.2, 0) is 4.74 Å². The molecule has 1 atom stereocenters. The summed E-state index contributed by atoms with van der Waals surface area (Å²) in [6.07, 6.45) is 1.41. The fraction of sp³-hybridized carbons (Fsp3) is 0.231. The number of rotatable bonds is 4. The molecule has 0 saturated carbocycles. The first-order chi connectivity index (χ1) is 7.86. The summed E-state index contributed by atoms with van der Waals surface area (Å²) in [7, 11) is 3.30. The predicted octanol–water partition coefficient (Wildman–Crippen LogP) is 3.02. The molecule has 1 aromatic carbocycles. The molecule has 1 heterocycles. The van der Waals surface area contributed by atoms with Crippen LogP contribution in [0.4, 0.5) is 0 Å². The van der Waals surface area contributed by atoms with Gasteiger partial charge in [-0.2, -0.15) is 0 Å². The molecular weight excluding hydrogens is 204 g/mol. The Labute approximate surface area is 94.6 Å². The lowest BCUT2D eigenvalue weighted by Gasteiger charge is -2.16. The van der Waals surface area contributed by atoms with Crippen molar-refractivity contribution in [3.05, 3.63) is 54.0 Å². The second kappa shape index (κ2) is 4.86. The highest BCUT2D eigenvalue weighted by molar-refractivity contribution is 5.38. The highest BCUT2D eigenvalue weighted by atomic mass is 16.5. The molecule has 0 saturated heterocycles. The van der Waals surface area contributed by atoms with Crippen LogP contribution >= 0.6 is 0 Å². The van der Waals surface area contributed by atoms with Crippen LogP contribution in [-0.4, -0.2) is 14.2 Å². The molecule has 16 heavy (non-hydrogen) atoms. The second-order valence-electron chi connectivity index (χ2n) is 3.37. The number of methoxy groups -OCH3 is 2. The average Bonchev–Trinajstić information content (AvgIpc) is 2.84. The summed E-state index contributed by atoms with van der Waals surface area (Å²) in [6, 6.07) is 11.5. The predicted molar refractivity (Wildman–Crippen MR) is 60.6 cm³/mol. The van der Waals surface area contributed by atoms with Crippen LogP contribution in [0.5, 0.6) is 5.75 Å². The van der Waals surface area contributed by atoms with E-state index in [0.29, 0.717) is 0 Å². The van der Waals surface area contributed by atoms with E-state index in [1.54, 1.807) is 20.5 Å². The number of hydrogen-bond donors (Lipinski definition) is 0. The minimum atomic E-state index is -0.230. The van der Waals surface area contributed by atoms with Crippen molar-refractivity contribution in [2.24, 2.45) is 0 Å². The zero-order valence-electron chi connectivity index (χ0n) is 9.34. The third-order valence-electron chi connectivity index (χ3n) is 2.46. The number of para-hydroxylation sites is 1. The molecule has 2 rings (SSSR count). The van der Waals surface area contributed by atoms with Crippen molar-refractivity contribution in [1.29, 1.82) is 0 Å². The molecule has 0 amide bonds. The van der Waals surface area contributed by atoms with Crippen molar-refractivity contribution in [3.63, 3.8) is 0 Å². The smallest absolute Gasteiger partial charge is 0.143 e. The Morgan fingerprint density at radius 2 is 1.88 bits per heavy atom. The summed E-state index contributed by atoms with van der Waals surface area (Å²) < 4.78 is 16.1. The molecule has 3 heteroatoms. The maximum atomic E-state index is 5.45. The Kier molecular flexibility index (Phi) is 3.27. The number of benzene rings is 1. The first-order valence-corrected chi connectivity index (χ1v) is 5.06. The van der Waals surface area contributed by atoms with Gasteiger partial charge >= 0.3 is 0 Å². The largest absolute Gasteiger partial charge is 0.496 e. The molecule has 2 aromatic rings. The zero-order chi connectivity index (χ0) is 11.4. The van der Waals surface area contributed by atoms with Gasteiger partial charge in [0.2, 0.25) is 0 Å². The van der Waals surface area contributed by atoms with Gasteiger partial charge in [-0.1, -0.05) is 18.2 Å². The molecule has 0 radical (unpaired) electrons. The van der Waals surface area contributed by atoms with Gasteiger partial charge in [0.1, 0.15) is 17.6 Å². The fourth-order valence-corrected chi connectivity index (χ4v) is 1.72. The normalized spacial score (nSPS) is 12.4. The van der Waals surface area contributed by atoms with Crippen molar-refractivity contribution >= 4 is 0 Å². The summed E-state index contributed by atoms with van der Waals surface area (Å²) >= 11 is 0. The highest BCUT2D eigenvalue weighted by Gasteiger charge is 2.19. The summed E-state index contributed by atoms with van der Waals surface area (Å²) in [5.41, 5.74) is 0.961. The summed E-state index contributed by atoms with van der Waals surface area (Å²) in [4.78, 5) is 0.